The van der Waals surface area contributed by atoms with Gasteiger partial charge in [0.05, 0.1) is 24.1 Å². The number of ether oxygens (including phenoxy) is 1. The second kappa shape index (κ2) is 5.25. The smallest absolute Gasteiger partial charge is 0.410 e. The zero-order chi connectivity index (χ0) is 17.7. The number of rotatable bonds is 2. The van der Waals surface area contributed by atoms with Crippen LogP contribution in [0.3, 0.4) is 0 Å². The SMILES string of the molecule is CCC1(n2nc(N)c3c(=O)[nH]ccc32)CN(C(=O)OC(C)(C)C)C1. The highest BCUT2D eigenvalue weighted by atomic mass is 16.6. The molecular weight excluding hydrogens is 310 g/mol. The number of aromatic amines is 1. The fraction of sp³-hybridized carbons (Fsp3) is 0.562. The van der Waals surface area contributed by atoms with Gasteiger partial charge in [-0.3, -0.25) is 9.48 Å². The molecule has 3 N–H and O–H groups in total. The van der Waals surface area contributed by atoms with Crippen LogP contribution in [0, 0.1) is 0 Å². The van der Waals surface area contributed by atoms with E-state index in [9.17, 15) is 9.59 Å². The monoisotopic (exact) mass is 333 g/mol. The van der Waals surface area contributed by atoms with Crippen molar-refractivity contribution in [2.75, 3.05) is 18.8 Å². The first-order chi connectivity index (χ1) is 11.2. The van der Waals surface area contributed by atoms with Gasteiger partial charge in [-0.1, -0.05) is 6.92 Å². The summed E-state index contributed by atoms with van der Waals surface area (Å²) in [6, 6.07) is 1.79. The van der Waals surface area contributed by atoms with Gasteiger partial charge >= 0.3 is 6.09 Å². The summed E-state index contributed by atoms with van der Waals surface area (Å²) >= 11 is 0. The van der Waals surface area contributed by atoms with E-state index in [0.29, 0.717) is 24.0 Å². The Morgan fingerprint density at radius 2 is 2.12 bits per heavy atom. The van der Waals surface area contributed by atoms with E-state index in [0.717, 1.165) is 6.42 Å². The van der Waals surface area contributed by atoms with Crippen molar-refractivity contribution in [3.05, 3.63) is 22.6 Å². The summed E-state index contributed by atoms with van der Waals surface area (Å²) in [6.45, 7) is 8.50. The Balaban J connectivity index is 1.91. The van der Waals surface area contributed by atoms with Gasteiger partial charge in [-0.25, -0.2) is 4.79 Å². The Morgan fingerprint density at radius 3 is 2.71 bits per heavy atom. The minimum absolute atomic E-state index is 0.204. The molecule has 1 aliphatic heterocycles. The molecule has 0 aliphatic carbocycles. The van der Waals surface area contributed by atoms with Crippen LogP contribution in [0.2, 0.25) is 0 Å². The fourth-order valence-corrected chi connectivity index (χ4v) is 3.09. The lowest BCUT2D eigenvalue weighted by atomic mass is 9.87. The number of carbonyl (C=O) groups is 1. The molecule has 1 amide bonds. The number of nitrogens with one attached hydrogen (secondary N) is 1. The van der Waals surface area contributed by atoms with Crippen LogP contribution in [-0.2, 0) is 10.3 Å². The molecule has 8 nitrogen and oxygen atoms in total. The van der Waals surface area contributed by atoms with E-state index >= 15 is 0 Å². The maximum atomic E-state index is 12.2. The standard InChI is InChI=1S/C16H23N5O3/c1-5-16(8-20(9-16)14(23)24-15(2,3)4)21-10-6-7-18-13(22)11(10)12(17)19-21/h6-7H,5,8-9H2,1-4H3,(H2,17,19)(H,18,22). The van der Waals surface area contributed by atoms with Crippen molar-refractivity contribution in [2.24, 2.45) is 0 Å². The van der Waals surface area contributed by atoms with Gasteiger partial charge in [0.1, 0.15) is 11.0 Å². The fourth-order valence-electron chi connectivity index (χ4n) is 3.09. The van der Waals surface area contributed by atoms with Crippen LogP contribution < -0.4 is 11.3 Å². The highest BCUT2D eigenvalue weighted by molar-refractivity contribution is 5.88. The number of fused-ring (bicyclic) bond motifs is 1. The second-order valence-corrected chi connectivity index (χ2v) is 7.28. The van der Waals surface area contributed by atoms with Crippen molar-refractivity contribution in [1.82, 2.24) is 19.7 Å². The van der Waals surface area contributed by atoms with Crippen molar-refractivity contribution < 1.29 is 9.53 Å². The van der Waals surface area contributed by atoms with Crippen LogP contribution in [-0.4, -0.2) is 44.4 Å². The summed E-state index contributed by atoms with van der Waals surface area (Å²) in [5.74, 6) is 0.204. The molecule has 0 saturated carbocycles. The van der Waals surface area contributed by atoms with Crippen LogP contribution in [0.25, 0.3) is 10.9 Å². The maximum Gasteiger partial charge on any atom is 0.410 e. The quantitative estimate of drug-likeness (QED) is 0.869. The normalized spacial score (nSPS) is 16.9. The lowest BCUT2D eigenvalue weighted by Crippen LogP contribution is -2.64. The number of hydrogen-bond donors (Lipinski definition) is 2. The Hall–Kier alpha value is -2.51. The molecule has 2 aromatic rings. The predicted octanol–water partition coefficient (Wildman–Crippen LogP) is 1.66. The Morgan fingerprint density at radius 1 is 1.46 bits per heavy atom. The van der Waals surface area contributed by atoms with E-state index in [1.807, 2.05) is 27.7 Å². The zero-order valence-corrected chi connectivity index (χ0v) is 14.4. The van der Waals surface area contributed by atoms with Crippen LogP contribution >= 0.6 is 0 Å². The first-order valence-corrected chi connectivity index (χ1v) is 8.01. The van der Waals surface area contributed by atoms with Crippen molar-refractivity contribution in [3.63, 3.8) is 0 Å². The summed E-state index contributed by atoms with van der Waals surface area (Å²) < 4.78 is 7.19. The van der Waals surface area contributed by atoms with E-state index in [4.69, 9.17) is 10.5 Å². The zero-order valence-electron chi connectivity index (χ0n) is 14.4. The molecule has 0 spiro atoms. The summed E-state index contributed by atoms with van der Waals surface area (Å²) in [6.07, 6.45) is 2.00. The van der Waals surface area contributed by atoms with E-state index < -0.39 is 5.60 Å². The third-order valence-corrected chi connectivity index (χ3v) is 4.36. The molecule has 0 atom stereocenters. The van der Waals surface area contributed by atoms with Crippen molar-refractivity contribution in [1.29, 1.82) is 0 Å². The first-order valence-electron chi connectivity index (χ1n) is 8.01. The van der Waals surface area contributed by atoms with E-state index in [1.54, 1.807) is 21.8 Å². The minimum Gasteiger partial charge on any atom is -0.444 e. The van der Waals surface area contributed by atoms with E-state index in [2.05, 4.69) is 10.1 Å². The number of carbonyl (C=O) groups excluding carboxylic acids is 1. The van der Waals surface area contributed by atoms with E-state index in [-0.39, 0.29) is 23.0 Å². The molecule has 3 heterocycles. The number of H-pyrrole nitrogens is 1. The summed E-state index contributed by atoms with van der Waals surface area (Å²) in [5.41, 5.74) is 5.45. The molecular formula is C16H23N5O3. The maximum absolute atomic E-state index is 12.2. The highest BCUT2D eigenvalue weighted by Crippen LogP contribution is 2.36. The summed E-state index contributed by atoms with van der Waals surface area (Å²) in [5, 5.41) is 4.77. The number of nitrogens with two attached hydrogens (primary N) is 1. The van der Waals surface area contributed by atoms with Gasteiger partial charge in [-0.15, -0.1) is 0 Å². The van der Waals surface area contributed by atoms with E-state index in [1.165, 1.54) is 0 Å². The highest BCUT2D eigenvalue weighted by Gasteiger charge is 2.48. The first kappa shape index (κ1) is 16.4. The van der Waals surface area contributed by atoms with Gasteiger partial charge in [0, 0.05) is 6.20 Å². The van der Waals surface area contributed by atoms with Gasteiger partial charge in [-0.05, 0) is 33.3 Å². The van der Waals surface area contributed by atoms with Crippen LogP contribution in [0.5, 0.6) is 0 Å². The Labute approximate surface area is 139 Å². The van der Waals surface area contributed by atoms with Crippen LogP contribution in [0.4, 0.5) is 10.6 Å². The third-order valence-electron chi connectivity index (χ3n) is 4.36. The number of amides is 1. The summed E-state index contributed by atoms with van der Waals surface area (Å²) in [4.78, 5) is 28.4. The van der Waals surface area contributed by atoms with Crippen molar-refractivity contribution in [2.45, 2.75) is 45.3 Å². The topological polar surface area (TPSA) is 106 Å². The molecule has 130 valence electrons. The van der Waals surface area contributed by atoms with Gasteiger partial charge in [-0.2, -0.15) is 5.10 Å². The molecule has 0 bridgehead atoms. The molecule has 1 aliphatic rings. The molecule has 1 saturated heterocycles. The minimum atomic E-state index is -0.530. The van der Waals surface area contributed by atoms with Gasteiger partial charge in [0.25, 0.3) is 5.56 Å². The second-order valence-electron chi connectivity index (χ2n) is 7.28. The average molecular weight is 333 g/mol. The van der Waals surface area contributed by atoms with Crippen molar-refractivity contribution in [3.8, 4) is 0 Å². The lowest BCUT2D eigenvalue weighted by molar-refractivity contribution is -0.0327. The predicted molar refractivity (Wildman–Crippen MR) is 90.8 cm³/mol. The molecule has 24 heavy (non-hydrogen) atoms. The number of pyridine rings is 1. The number of aromatic nitrogens is 3. The molecule has 0 aromatic carbocycles. The molecule has 1 fully saturated rings. The van der Waals surface area contributed by atoms with Gasteiger partial charge in [0.2, 0.25) is 0 Å². The van der Waals surface area contributed by atoms with Gasteiger partial charge in [0.15, 0.2) is 5.82 Å². The molecule has 3 rings (SSSR count). The third kappa shape index (κ3) is 2.51. The lowest BCUT2D eigenvalue weighted by Gasteiger charge is -2.49. The number of nitrogen functional groups attached to an aromatic ring is 1. The number of hydrogen-bond acceptors (Lipinski definition) is 5. The summed E-state index contributed by atoms with van der Waals surface area (Å²) in [7, 11) is 0. The molecule has 0 radical (unpaired) electrons. The molecule has 2 aromatic heterocycles. The van der Waals surface area contributed by atoms with Crippen LogP contribution in [0.1, 0.15) is 34.1 Å². The number of nitrogens with zero attached hydrogens (tertiary/aromatic N) is 3. The number of likely N-dealkylation sites (tertiary alicyclic amines) is 1. The van der Waals surface area contributed by atoms with Crippen molar-refractivity contribution >= 4 is 22.8 Å². The van der Waals surface area contributed by atoms with Gasteiger partial charge < -0.3 is 20.4 Å². The van der Waals surface area contributed by atoms with Crippen LogP contribution in [0.15, 0.2) is 17.1 Å². The molecule has 0 unspecified atom stereocenters. The molecule has 8 heteroatoms. The Kier molecular flexibility index (Phi) is 3.58. The Bertz CT molecular complexity index is 839. The average Bonchev–Trinajstić information content (AvgIpc) is 2.75. The number of anilines is 1. The largest absolute Gasteiger partial charge is 0.444 e.